The van der Waals surface area contributed by atoms with Gasteiger partial charge in [0.25, 0.3) is 21.6 Å². The number of sulfonamides is 1. The number of anilines is 1. The molecule has 0 aromatic heterocycles. The Labute approximate surface area is 227 Å². The minimum atomic E-state index is -4.53. The molecule has 1 aliphatic heterocycles. The lowest BCUT2D eigenvalue weighted by Crippen LogP contribution is -2.49. The van der Waals surface area contributed by atoms with Crippen LogP contribution in [0.3, 0.4) is 0 Å². The van der Waals surface area contributed by atoms with Gasteiger partial charge in [0.05, 0.1) is 9.82 Å². The van der Waals surface area contributed by atoms with Gasteiger partial charge < -0.3 is 5.32 Å². The first-order chi connectivity index (χ1) is 18.6. The van der Waals surface area contributed by atoms with Gasteiger partial charge in [0.1, 0.15) is 11.9 Å². The average Bonchev–Trinajstić information content (AvgIpc) is 2.89. The van der Waals surface area contributed by atoms with Gasteiger partial charge >= 0.3 is 0 Å². The predicted molar refractivity (Wildman–Crippen MR) is 143 cm³/mol. The molecule has 12 heteroatoms. The highest BCUT2D eigenvalue weighted by Gasteiger charge is 2.41. The first-order valence-electron chi connectivity index (χ1n) is 13.3. The normalized spacial score (nSPS) is 18.6. The quantitative estimate of drug-likeness (QED) is 0.287. The highest BCUT2D eigenvalue weighted by Crippen LogP contribution is 2.33. The molecular weight excluding hydrogens is 530 g/mol. The van der Waals surface area contributed by atoms with Gasteiger partial charge in [-0.3, -0.25) is 19.8 Å². The number of benzene rings is 2. The van der Waals surface area contributed by atoms with Crippen LogP contribution in [0.15, 0.2) is 53.4 Å². The summed E-state index contributed by atoms with van der Waals surface area (Å²) >= 11 is 0. The molecule has 2 fully saturated rings. The minimum Gasteiger partial charge on any atom is -0.377 e. The number of likely N-dealkylation sites (tertiary alicyclic amines) is 1. The van der Waals surface area contributed by atoms with Crippen LogP contribution in [0.2, 0.25) is 0 Å². The summed E-state index contributed by atoms with van der Waals surface area (Å²) in [6.45, 7) is 1.35. The van der Waals surface area contributed by atoms with E-state index in [-0.39, 0.29) is 24.6 Å². The fourth-order valence-electron chi connectivity index (χ4n) is 5.09. The molecule has 4 rings (SSSR count). The van der Waals surface area contributed by atoms with Crippen LogP contribution in [0.25, 0.3) is 0 Å². The summed E-state index contributed by atoms with van der Waals surface area (Å²) in [5.74, 6) is -1.24. The summed E-state index contributed by atoms with van der Waals surface area (Å²) in [6.07, 6.45) is 2.72. The summed E-state index contributed by atoms with van der Waals surface area (Å²) in [6, 6.07) is 12.9. The highest BCUT2D eigenvalue weighted by atomic mass is 32.2. The van der Waals surface area contributed by atoms with Crippen molar-refractivity contribution in [3.8, 4) is 0 Å². The Bertz CT molecular complexity index is 1270. The second-order valence-corrected chi connectivity index (χ2v) is 12.1. The number of alkyl halides is 2. The Morgan fingerprint density at radius 3 is 2.44 bits per heavy atom. The minimum absolute atomic E-state index is 0.0643. The van der Waals surface area contributed by atoms with Crippen molar-refractivity contribution in [1.82, 2.24) is 9.62 Å². The molecule has 39 heavy (non-hydrogen) atoms. The lowest BCUT2D eigenvalue weighted by Gasteiger charge is -2.35. The Hall–Kier alpha value is -3.12. The van der Waals surface area contributed by atoms with Gasteiger partial charge in [-0.2, -0.15) is 0 Å². The van der Waals surface area contributed by atoms with Crippen molar-refractivity contribution in [2.45, 2.75) is 74.1 Å². The van der Waals surface area contributed by atoms with Crippen LogP contribution in [0.4, 0.5) is 20.2 Å². The van der Waals surface area contributed by atoms with Gasteiger partial charge in [0.15, 0.2) is 5.67 Å². The number of rotatable bonds is 12. The van der Waals surface area contributed by atoms with Crippen molar-refractivity contribution < 1.29 is 26.9 Å². The van der Waals surface area contributed by atoms with E-state index in [9.17, 15) is 32.1 Å². The monoisotopic (exact) mass is 564 g/mol. The van der Waals surface area contributed by atoms with Crippen LogP contribution in [0.5, 0.6) is 0 Å². The first-order valence-corrected chi connectivity index (χ1v) is 14.8. The third-order valence-corrected chi connectivity index (χ3v) is 8.78. The molecule has 2 aliphatic rings. The molecule has 1 atom stereocenters. The second-order valence-electron chi connectivity index (χ2n) is 10.4. The van der Waals surface area contributed by atoms with Gasteiger partial charge in [-0.25, -0.2) is 21.9 Å². The number of nitro benzene ring substituents is 1. The van der Waals surface area contributed by atoms with Gasteiger partial charge in [0.2, 0.25) is 0 Å². The Balaban J connectivity index is 1.50. The average molecular weight is 565 g/mol. The molecule has 1 saturated carbocycles. The molecule has 2 N–H and O–H groups in total. The molecule has 1 saturated heterocycles. The zero-order valence-electron chi connectivity index (χ0n) is 21.7. The van der Waals surface area contributed by atoms with E-state index in [1.165, 1.54) is 6.07 Å². The number of nitrogens with zero attached hydrogens (tertiary/aromatic N) is 2. The SMILES string of the molecule is O=C(NS(=O)(=O)c1ccc(N[C@@H](CCc2ccccc2)CCN2CC(F)C2)c([N+](=O)[O-])c1)C1(F)CCCCC1. The summed E-state index contributed by atoms with van der Waals surface area (Å²) in [5.41, 5.74) is -1.52. The van der Waals surface area contributed by atoms with Crippen molar-refractivity contribution in [3.63, 3.8) is 0 Å². The number of carbonyl (C=O) groups excluding carboxylic acids is 1. The standard InChI is InChI=1S/C27H34F2N4O5S/c28-21-18-32(19-21)16-13-22(10-9-20-7-3-1-4-8-20)30-24-12-11-23(17-25(24)33(35)36)39(37,38)31-26(34)27(29)14-5-2-6-15-27/h1,3-4,7-8,11-12,17,21-22,30H,2,5-6,9-10,13-16,18-19H2,(H,31,34)/t22-/m0/s1. The lowest BCUT2D eigenvalue weighted by molar-refractivity contribution is -0.384. The van der Waals surface area contributed by atoms with E-state index in [0.29, 0.717) is 51.7 Å². The van der Waals surface area contributed by atoms with Crippen molar-refractivity contribution >= 4 is 27.3 Å². The van der Waals surface area contributed by atoms with Gasteiger partial charge in [-0.1, -0.05) is 36.8 Å². The largest absolute Gasteiger partial charge is 0.377 e. The number of hydrogen-bond acceptors (Lipinski definition) is 7. The van der Waals surface area contributed by atoms with Crippen LogP contribution in [0, 0.1) is 10.1 Å². The predicted octanol–water partition coefficient (Wildman–Crippen LogP) is 4.53. The molecule has 0 unspecified atom stereocenters. The van der Waals surface area contributed by atoms with Crippen molar-refractivity contribution in [1.29, 1.82) is 0 Å². The Kier molecular flexibility index (Phi) is 9.16. The molecule has 0 bridgehead atoms. The van der Waals surface area contributed by atoms with Gasteiger partial charge in [-0.15, -0.1) is 0 Å². The summed E-state index contributed by atoms with van der Waals surface area (Å²) in [7, 11) is -4.53. The third kappa shape index (κ3) is 7.51. The fourth-order valence-corrected chi connectivity index (χ4v) is 6.14. The lowest BCUT2D eigenvalue weighted by atomic mass is 9.86. The topological polar surface area (TPSA) is 122 Å². The van der Waals surface area contributed by atoms with E-state index in [4.69, 9.17) is 0 Å². The van der Waals surface area contributed by atoms with Crippen molar-refractivity contribution in [2.75, 3.05) is 25.0 Å². The Morgan fingerprint density at radius 2 is 1.79 bits per heavy atom. The number of amides is 1. The van der Waals surface area contributed by atoms with Crippen LogP contribution >= 0.6 is 0 Å². The smallest absolute Gasteiger partial charge is 0.293 e. The van der Waals surface area contributed by atoms with Crippen molar-refractivity contribution in [2.24, 2.45) is 0 Å². The molecule has 1 heterocycles. The zero-order valence-corrected chi connectivity index (χ0v) is 22.5. The number of hydrogen-bond donors (Lipinski definition) is 2. The summed E-state index contributed by atoms with van der Waals surface area (Å²) in [4.78, 5) is 25.2. The molecule has 0 radical (unpaired) electrons. The maximum atomic E-state index is 15.0. The maximum absolute atomic E-state index is 15.0. The molecule has 1 aliphatic carbocycles. The van der Waals surface area contributed by atoms with Crippen LogP contribution in [-0.4, -0.2) is 61.7 Å². The van der Waals surface area contributed by atoms with E-state index in [1.54, 1.807) is 4.72 Å². The van der Waals surface area contributed by atoms with Crippen molar-refractivity contribution in [3.05, 3.63) is 64.2 Å². The third-order valence-electron chi connectivity index (χ3n) is 7.45. The zero-order chi connectivity index (χ0) is 28.0. The molecule has 212 valence electrons. The van der Waals surface area contributed by atoms with Gasteiger partial charge in [-0.05, 0) is 62.6 Å². The summed E-state index contributed by atoms with van der Waals surface area (Å²) in [5, 5.41) is 15.1. The van der Waals surface area contributed by atoms with Crippen LogP contribution in [-0.2, 0) is 21.2 Å². The van der Waals surface area contributed by atoms with E-state index < -0.39 is 43.3 Å². The van der Waals surface area contributed by atoms with E-state index >= 15 is 0 Å². The fraction of sp³-hybridized carbons (Fsp3) is 0.519. The number of nitrogens with one attached hydrogen (secondary N) is 2. The molecule has 1 amide bonds. The van der Waals surface area contributed by atoms with Crippen LogP contribution < -0.4 is 10.0 Å². The molecule has 2 aromatic carbocycles. The van der Waals surface area contributed by atoms with Crippen LogP contribution in [0.1, 0.15) is 50.5 Å². The van der Waals surface area contributed by atoms with E-state index in [1.807, 2.05) is 35.2 Å². The maximum Gasteiger partial charge on any atom is 0.293 e. The summed E-state index contributed by atoms with van der Waals surface area (Å²) < 4.78 is 55.7. The van der Waals surface area contributed by atoms with Gasteiger partial charge in [0, 0.05) is 31.7 Å². The molecule has 0 spiro atoms. The first kappa shape index (κ1) is 28.9. The number of carbonyl (C=O) groups is 1. The second kappa shape index (κ2) is 12.4. The Morgan fingerprint density at radius 1 is 1.10 bits per heavy atom. The van der Waals surface area contributed by atoms with E-state index in [0.717, 1.165) is 24.1 Å². The number of nitro groups is 1. The van der Waals surface area contributed by atoms with E-state index in [2.05, 4.69) is 5.32 Å². The molecule has 2 aromatic rings. The molecule has 9 nitrogen and oxygen atoms in total. The number of halogens is 2. The highest BCUT2D eigenvalue weighted by molar-refractivity contribution is 7.90. The number of aryl methyl sites for hydroxylation is 1. The molecular formula is C27H34F2N4O5S.